The molecule has 1 aromatic rings. The van der Waals surface area contributed by atoms with Gasteiger partial charge < -0.3 is 9.84 Å². The summed E-state index contributed by atoms with van der Waals surface area (Å²) in [7, 11) is 0.734. The van der Waals surface area contributed by atoms with E-state index in [1.807, 2.05) is 18.2 Å². The van der Waals surface area contributed by atoms with Crippen LogP contribution >= 0.6 is 10.9 Å². The first kappa shape index (κ1) is 9.40. The predicted octanol–water partition coefficient (Wildman–Crippen LogP) is 2.39. The fourth-order valence-electron chi connectivity index (χ4n) is 1.63. The molecule has 2 rings (SSSR count). The molecule has 14 heavy (non-hydrogen) atoms. The van der Waals surface area contributed by atoms with E-state index in [0.29, 0.717) is 11.5 Å². The molecular formula is C10H12O3S. The van der Waals surface area contributed by atoms with Gasteiger partial charge in [-0.25, -0.2) is 4.79 Å². The SMILES string of the molecule is COc1ccc2c(c1)C[SH](C(=O)O)C2. The topological polar surface area (TPSA) is 46.5 Å². The molecule has 0 aliphatic carbocycles. The van der Waals surface area contributed by atoms with Crippen molar-refractivity contribution < 1.29 is 14.6 Å². The minimum atomic E-state index is -0.887. The van der Waals surface area contributed by atoms with Gasteiger partial charge in [-0.05, 0) is 23.3 Å². The van der Waals surface area contributed by atoms with Crippen LogP contribution in [0.25, 0.3) is 0 Å². The Bertz CT molecular complexity index is 376. The lowest BCUT2D eigenvalue weighted by Gasteiger charge is -2.04. The number of fused-ring (bicyclic) bond motifs is 1. The van der Waals surface area contributed by atoms with Gasteiger partial charge in [0.1, 0.15) is 5.75 Å². The third-order valence-corrected chi connectivity index (χ3v) is 4.39. The summed E-state index contributed by atoms with van der Waals surface area (Å²) in [6.07, 6.45) is 0. The van der Waals surface area contributed by atoms with Gasteiger partial charge in [0.25, 0.3) is 0 Å². The predicted molar refractivity (Wildman–Crippen MR) is 57.4 cm³/mol. The molecule has 0 saturated heterocycles. The summed E-state index contributed by atoms with van der Waals surface area (Å²) in [5, 5.41) is 8.27. The van der Waals surface area contributed by atoms with Crippen LogP contribution in [0.1, 0.15) is 11.1 Å². The van der Waals surface area contributed by atoms with E-state index in [0.717, 1.165) is 11.3 Å². The largest absolute Gasteiger partial charge is 0.497 e. The molecule has 76 valence electrons. The number of ether oxygens (including phenoxy) is 1. The lowest BCUT2D eigenvalue weighted by molar-refractivity contribution is 0.221. The number of hydrogen-bond donors (Lipinski definition) is 2. The van der Waals surface area contributed by atoms with Crippen molar-refractivity contribution in [3.63, 3.8) is 0 Å². The highest BCUT2D eigenvalue weighted by Crippen LogP contribution is 2.44. The van der Waals surface area contributed by atoms with E-state index >= 15 is 0 Å². The van der Waals surface area contributed by atoms with E-state index in [2.05, 4.69) is 0 Å². The van der Waals surface area contributed by atoms with Crippen molar-refractivity contribution >= 4 is 16.2 Å². The van der Waals surface area contributed by atoms with Crippen LogP contribution in [0.4, 0.5) is 4.79 Å². The summed E-state index contributed by atoms with van der Waals surface area (Å²) in [5.74, 6) is 2.22. The first-order chi connectivity index (χ1) is 6.70. The molecule has 0 spiro atoms. The molecule has 1 aromatic carbocycles. The van der Waals surface area contributed by atoms with Crippen molar-refractivity contribution in [3.8, 4) is 5.75 Å². The van der Waals surface area contributed by atoms with Crippen LogP contribution in [-0.4, -0.2) is 17.5 Å². The van der Waals surface area contributed by atoms with Gasteiger partial charge in [-0.15, -0.1) is 10.9 Å². The lowest BCUT2D eigenvalue weighted by Crippen LogP contribution is -1.92. The third-order valence-electron chi connectivity index (χ3n) is 2.41. The molecule has 0 amide bonds. The van der Waals surface area contributed by atoms with Gasteiger partial charge in [0.15, 0.2) is 0 Å². The molecule has 0 radical (unpaired) electrons. The second kappa shape index (κ2) is 3.53. The summed E-state index contributed by atoms with van der Waals surface area (Å²) in [6, 6.07) is 5.81. The van der Waals surface area contributed by atoms with Gasteiger partial charge in [0.05, 0.1) is 7.11 Å². The van der Waals surface area contributed by atoms with E-state index < -0.39 is 16.2 Å². The minimum absolute atomic E-state index is 0.643. The molecule has 1 unspecified atom stereocenters. The average Bonchev–Trinajstić information content (AvgIpc) is 2.59. The van der Waals surface area contributed by atoms with Crippen molar-refractivity contribution in [1.29, 1.82) is 0 Å². The average molecular weight is 212 g/mol. The molecule has 1 aliphatic heterocycles. The number of carbonyl (C=O) groups is 1. The van der Waals surface area contributed by atoms with Gasteiger partial charge in [0.2, 0.25) is 0 Å². The zero-order chi connectivity index (χ0) is 10.1. The summed E-state index contributed by atoms with van der Waals surface area (Å²) >= 11 is 0. The summed E-state index contributed by atoms with van der Waals surface area (Å²) in [6.45, 7) is 0. The minimum Gasteiger partial charge on any atom is -0.497 e. The summed E-state index contributed by atoms with van der Waals surface area (Å²) in [4.78, 5) is 10.8. The van der Waals surface area contributed by atoms with Gasteiger partial charge in [-0.3, -0.25) is 0 Å². The van der Waals surface area contributed by atoms with Gasteiger partial charge in [0, 0.05) is 11.5 Å². The van der Waals surface area contributed by atoms with E-state index in [-0.39, 0.29) is 0 Å². The Morgan fingerprint density at radius 1 is 1.43 bits per heavy atom. The highest BCUT2D eigenvalue weighted by Gasteiger charge is 2.23. The number of hydrogen-bond acceptors (Lipinski definition) is 2. The van der Waals surface area contributed by atoms with Crippen molar-refractivity contribution in [2.75, 3.05) is 7.11 Å². The summed E-state index contributed by atoms with van der Waals surface area (Å²) in [5.41, 5.74) is 2.30. The second-order valence-electron chi connectivity index (χ2n) is 3.27. The van der Waals surface area contributed by atoms with Crippen LogP contribution < -0.4 is 4.74 Å². The first-order valence-electron chi connectivity index (χ1n) is 4.34. The monoisotopic (exact) mass is 212 g/mol. The maximum atomic E-state index is 10.8. The first-order valence-corrected chi connectivity index (χ1v) is 6.05. The van der Waals surface area contributed by atoms with Crippen molar-refractivity contribution in [3.05, 3.63) is 29.3 Å². The zero-order valence-electron chi connectivity index (χ0n) is 7.86. The molecule has 3 nitrogen and oxygen atoms in total. The molecule has 0 saturated carbocycles. The van der Waals surface area contributed by atoms with Crippen molar-refractivity contribution in [2.45, 2.75) is 11.5 Å². The number of rotatable bonds is 1. The number of carboxylic acid groups (broad SMARTS) is 1. The maximum Gasteiger partial charge on any atom is 0.345 e. The molecule has 0 fully saturated rings. The Labute approximate surface area is 85.0 Å². The summed E-state index contributed by atoms with van der Waals surface area (Å²) < 4.78 is 5.09. The Balaban J connectivity index is 2.27. The third kappa shape index (κ3) is 1.57. The van der Waals surface area contributed by atoms with Crippen LogP contribution in [-0.2, 0) is 11.5 Å². The van der Waals surface area contributed by atoms with E-state index in [9.17, 15) is 4.79 Å². The van der Waals surface area contributed by atoms with E-state index in [1.165, 1.54) is 5.56 Å². The number of benzene rings is 1. The van der Waals surface area contributed by atoms with Crippen LogP contribution in [0.3, 0.4) is 0 Å². The molecule has 1 atom stereocenters. The zero-order valence-corrected chi connectivity index (χ0v) is 8.75. The molecule has 1 heterocycles. The normalized spacial score (nSPS) is 21.6. The van der Waals surface area contributed by atoms with Gasteiger partial charge >= 0.3 is 5.30 Å². The van der Waals surface area contributed by atoms with Crippen molar-refractivity contribution in [2.24, 2.45) is 0 Å². The number of thiol groups is 1. The number of methoxy groups -OCH3 is 1. The molecular weight excluding hydrogens is 200 g/mol. The maximum absolute atomic E-state index is 10.8. The van der Waals surface area contributed by atoms with Gasteiger partial charge in [-0.2, -0.15) is 0 Å². The smallest absolute Gasteiger partial charge is 0.345 e. The second-order valence-corrected chi connectivity index (χ2v) is 5.37. The standard InChI is InChI=1S/C10H12O3S/c1-13-9-3-2-7-5-14(10(11)12)6-8(7)4-9/h2-4,14H,5-6H2,1H3,(H,11,12). The van der Waals surface area contributed by atoms with Crippen LogP contribution in [0.15, 0.2) is 18.2 Å². The Morgan fingerprint density at radius 2 is 2.14 bits per heavy atom. The molecule has 0 bridgehead atoms. The quantitative estimate of drug-likeness (QED) is 0.703. The van der Waals surface area contributed by atoms with E-state index in [1.54, 1.807) is 7.11 Å². The lowest BCUT2D eigenvalue weighted by atomic mass is 10.1. The fourth-order valence-corrected chi connectivity index (χ4v) is 3.44. The Kier molecular flexibility index (Phi) is 2.37. The molecule has 4 heteroatoms. The Hall–Kier alpha value is -1.16. The highest BCUT2D eigenvalue weighted by atomic mass is 32.2. The van der Waals surface area contributed by atoms with Crippen LogP contribution in [0.5, 0.6) is 5.75 Å². The Morgan fingerprint density at radius 3 is 2.79 bits per heavy atom. The molecule has 0 aromatic heterocycles. The van der Waals surface area contributed by atoms with Crippen LogP contribution in [0, 0.1) is 0 Å². The molecule has 1 aliphatic rings. The highest BCUT2D eigenvalue weighted by molar-refractivity contribution is 8.28. The van der Waals surface area contributed by atoms with Crippen LogP contribution in [0.2, 0.25) is 0 Å². The van der Waals surface area contributed by atoms with Gasteiger partial charge in [-0.1, -0.05) is 6.07 Å². The fraction of sp³-hybridized carbons (Fsp3) is 0.300. The van der Waals surface area contributed by atoms with Crippen molar-refractivity contribution in [1.82, 2.24) is 0 Å². The van der Waals surface area contributed by atoms with E-state index in [4.69, 9.17) is 9.84 Å². The molecule has 1 N–H and O–H groups in total.